The average molecular weight is 359 g/mol. The van der Waals surface area contributed by atoms with Gasteiger partial charge in [0.25, 0.3) is 0 Å². The molecule has 2 heterocycles. The molecular formula is C10H10Cl3N3O5. The molecule has 8 nitrogen and oxygen atoms in total. The van der Waals surface area contributed by atoms with Gasteiger partial charge >= 0.3 is 12.2 Å². The molecule has 1 aromatic rings. The van der Waals surface area contributed by atoms with Gasteiger partial charge in [0.05, 0.1) is 13.1 Å². The van der Waals surface area contributed by atoms with Crippen LogP contribution in [0.1, 0.15) is 0 Å². The zero-order valence-electron chi connectivity index (χ0n) is 10.4. The highest BCUT2D eigenvalue weighted by atomic mass is 35.6. The van der Waals surface area contributed by atoms with Crippen LogP contribution in [-0.4, -0.2) is 46.9 Å². The predicted molar refractivity (Wildman–Crippen MR) is 73.8 cm³/mol. The van der Waals surface area contributed by atoms with E-state index in [1.54, 1.807) is 0 Å². The van der Waals surface area contributed by atoms with E-state index in [0.717, 1.165) is 4.90 Å². The first kappa shape index (κ1) is 16.0. The maximum atomic E-state index is 12.0. The summed E-state index contributed by atoms with van der Waals surface area (Å²) in [6.07, 6.45) is -0.633. The number of rotatable bonds is 4. The number of nitrogens with zero attached hydrogens (tertiary/aromatic N) is 2. The number of carbonyl (C=O) groups is 2. The number of alkyl carbamates (subject to hydrolysis) is 1. The van der Waals surface area contributed by atoms with E-state index in [4.69, 9.17) is 44.3 Å². The Morgan fingerprint density at radius 3 is 2.86 bits per heavy atom. The molecule has 0 aromatic carbocycles. The summed E-state index contributed by atoms with van der Waals surface area (Å²) >= 11 is 16.6. The monoisotopic (exact) mass is 357 g/mol. The number of anilines is 1. The van der Waals surface area contributed by atoms with Crippen LogP contribution in [0.3, 0.4) is 0 Å². The van der Waals surface area contributed by atoms with Crippen molar-refractivity contribution in [2.24, 2.45) is 0 Å². The van der Waals surface area contributed by atoms with Crippen molar-refractivity contribution in [2.45, 2.75) is 9.90 Å². The summed E-state index contributed by atoms with van der Waals surface area (Å²) in [7, 11) is 0. The minimum Gasteiger partial charge on any atom is -0.445 e. The zero-order valence-corrected chi connectivity index (χ0v) is 12.7. The van der Waals surface area contributed by atoms with E-state index >= 15 is 0 Å². The third-order valence-corrected chi connectivity index (χ3v) is 2.74. The van der Waals surface area contributed by atoms with E-state index in [9.17, 15) is 9.59 Å². The summed E-state index contributed by atoms with van der Waals surface area (Å²) < 4.78 is 12.8. The molecule has 1 N–H and O–H groups in total. The molecule has 1 aliphatic heterocycles. The first-order valence-corrected chi connectivity index (χ1v) is 6.84. The van der Waals surface area contributed by atoms with Crippen LogP contribution >= 0.6 is 34.8 Å². The summed E-state index contributed by atoms with van der Waals surface area (Å²) in [5, 5.41) is 6.10. The minimum absolute atomic E-state index is 0.0178. The molecule has 116 valence electrons. The zero-order chi connectivity index (χ0) is 15.5. The number of ether oxygens (including phenoxy) is 2. The summed E-state index contributed by atoms with van der Waals surface area (Å²) in [5.41, 5.74) is 0. The van der Waals surface area contributed by atoms with E-state index in [0.29, 0.717) is 0 Å². The number of aromatic nitrogens is 1. The lowest BCUT2D eigenvalue weighted by molar-refractivity contribution is 0.132. The lowest BCUT2D eigenvalue weighted by Gasteiger charge is -2.22. The fourth-order valence-electron chi connectivity index (χ4n) is 1.57. The smallest absolute Gasteiger partial charge is 0.415 e. The fraction of sp³-hybridized carbons (Fsp3) is 0.500. The van der Waals surface area contributed by atoms with Gasteiger partial charge in [-0.05, 0) is 0 Å². The Hall–Kier alpha value is -1.38. The molecule has 0 saturated carbocycles. The summed E-state index contributed by atoms with van der Waals surface area (Å²) in [6, 6.07) is 1.45. The van der Waals surface area contributed by atoms with Crippen molar-refractivity contribution in [3.8, 4) is 0 Å². The highest BCUT2D eigenvalue weighted by Crippen LogP contribution is 2.26. The van der Waals surface area contributed by atoms with E-state index < -0.39 is 28.7 Å². The van der Waals surface area contributed by atoms with E-state index in [1.165, 1.54) is 12.3 Å². The molecule has 1 atom stereocenters. The van der Waals surface area contributed by atoms with Crippen molar-refractivity contribution in [3.63, 3.8) is 0 Å². The molecular weight excluding hydrogens is 348 g/mol. The molecule has 1 fully saturated rings. The number of cyclic esters (lactones) is 1. The van der Waals surface area contributed by atoms with Gasteiger partial charge in [0.2, 0.25) is 3.79 Å². The van der Waals surface area contributed by atoms with Gasteiger partial charge in [-0.1, -0.05) is 40.0 Å². The van der Waals surface area contributed by atoms with Crippen molar-refractivity contribution in [3.05, 3.63) is 12.3 Å². The Labute approximate surface area is 134 Å². The van der Waals surface area contributed by atoms with Gasteiger partial charge in [0.1, 0.15) is 19.0 Å². The second kappa shape index (κ2) is 6.59. The average Bonchev–Trinajstić information content (AvgIpc) is 3.03. The largest absolute Gasteiger partial charge is 0.445 e. The Kier molecular flexibility index (Phi) is 5.02. The van der Waals surface area contributed by atoms with Gasteiger partial charge in [-0.25, -0.2) is 9.59 Å². The van der Waals surface area contributed by atoms with Crippen molar-refractivity contribution in [1.29, 1.82) is 0 Å². The number of carbonyl (C=O) groups excluding carboxylic acids is 2. The van der Waals surface area contributed by atoms with Crippen LogP contribution < -0.4 is 10.2 Å². The summed E-state index contributed by atoms with van der Waals surface area (Å²) in [5.74, 6) is 0.187. The van der Waals surface area contributed by atoms with Crippen LogP contribution in [0.4, 0.5) is 15.4 Å². The number of hydrogen-bond acceptors (Lipinski definition) is 6. The molecule has 0 radical (unpaired) electrons. The summed E-state index contributed by atoms with van der Waals surface area (Å²) in [6.45, 7) is -0.164. The number of amides is 2. The van der Waals surface area contributed by atoms with Crippen LogP contribution in [-0.2, 0) is 9.47 Å². The fourth-order valence-corrected chi connectivity index (χ4v) is 1.73. The second-order valence-electron chi connectivity index (χ2n) is 4.05. The number of hydrogen-bond donors (Lipinski definition) is 1. The quantitative estimate of drug-likeness (QED) is 0.828. The highest BCUT2D eigenvalue weighted by Gasteiger charge is 2.31. The lowest BCUT2D eigenvalue weighted by atomic mass is 10.3. The standard InChI is InChI=1S/C10H10Cl3N3O5/c11-10(12,13)5-19-9(18)16(7-1-2-20-15-7)4-6-3-14-8(17)21-6/h1-2,6H,3-5H2,(H,14,17)/t6-/m1/s1. The number of alkyl halides is 3. The number of halogens is 3. The van der Waals surface area contributed by atoms with Gasteiger partial charge in [-0.15, -0.1) is 0 Å². The Morgan fingerprint density at radius 2 is 2.33 bits per heavy atom. The van der Waals surface area contributed by atoms with Gasteiger partial charge in [-0.3, -0.25) is 4.90 Å². The normalized spacial score (nSPS) is 18.0. The van der Waals surface area contributed by atoms with Crippen molar-refractivity contribution in [2.75, 3.05) is 24.6 Å². The molecule has 1 aliphatic rings. The van der Waals surface area contributed by atoms with E-state index in [-0.39, 0.29) is 18.9 Å². The van der Waals surface area contributed by atoms with Crippen LogP contribution in [0.25, 0.3) is 0 Å². The lowest BCUT2D eigenvalue weighted by Crippen LogP contribution is -2.40. The summed E-state index contributed by atoms with van der Waals surface area (Å²) in [4.78, 5) is 24.2. The van der Waals surface area contributed by atoms with Gasteiger partial charge in [0.15, 0.2) is 5.82 Å². The molecule has 2 amide bonds. The molecule has 0 aliphatic carbocycles. The minimum atomic E-state index is -1.73. The van der Waals surface area contributed by atoms with Crippen molar-refractivity contribution >= 4 is 52.8 Å². The van der Waals surface area contributed by atoms with Crippen LogP contribution in [0, 0.1) is 0 Å². The van der Waals surface area contributed by atoms with Crippen LogP contribution in [0.2, 0.25) is 0 Å². The first-order chi connectivity index (χ1) is 9.85. The van der Waals surface area contributed by atoms with Crippen LogP contribution in [0.15, 0.2) is 16.9 Å². The van der Waals surface area contributed by atoms with E-state index in [2.05, 4.69) is 15.0 Å². The van der Waals surface area contributed by atoms with Crippen LogP contribution in [0.5, 0.6) is 0 Å². The second-order valence-corrected chi connectivity index (χ2v) is 6.56. The Morgan fingerprint density at radius 1 is 1.57 bits per heavy atom. The third kappa shape index (κ3) is 4.83. The predicted octanol–water partition coefficient (Wildman–Crippen LogP) is 2.10. The number of nitrogens with one attached hydrogen (secondary N) is 1. The SMILES string of the molecule is O=C1NC[C@H](CN(C(=O)OCC(Cl)(Cl)Cl)c2ccon2)O1. The molecule has 1 aromatic heterocycles. The molecule has 0 bridgehead atoms. The Bertz CT molecular complexity index is 505. The maximum absolute atomic E-state index is 12.0. The topological polar surface area (TPSA) is 93.9 Å². The molecule has 1 saturated heterocycles. The molecule has 0 spiro atoms. The Balaban J connectivity index is 2.02. The molecule has 0 unspecified atom stereocenters. The highest BCUT2D eigenvalue weighted by molar-refractivity contribution is 6.67. The van der Waals surface area contributed by atoms with Crippen molar-refractivity contribution in [1.82, 2.24) is 10.5 Å². The molecule has 2 rings (SSSR count). The van der Waals surface area contributed by atoms with Gasteiger partial charge < -0.3 is 19.3 Å². The van der Waals surface area contributed by atoms with Gasteiger partial charge in [-0.2, -0.15) is 0 Å². The van der Waals surface area contributed by atoms with E-state index in [1.807, 2.05) is 0 Å². The molecule has 21 heavy (non-hydrogen) atoms. The third-order valence-electron chi connectivity index (χ3n) is 2.41. The molecule has 11 heteroatoms. The van der Waals surface area contributed by atoms with Crippen molar-refractivity contribution < 1.29 is 23.6 Å². The van der Waals surface area contributed by atoms with Gasteiger partial charge in [0, 0.05) is 6.07 Å². The maximum Gasteiger partial charge on any atom is 0.415 e. The first-order valence-electron chi connectivity index (χ1n) is 5.71.